The van der Waals surface area contributed by atoms with Crippen molar-refractivity contribution in [3.63, 3.8) is 0 Å². The van der Waals surface area contributed by atoms with Crippen LogP contribution in [-0.4, -0.2) is 16.2 Å². The number of nitrogens with two attached hydrogens (primary N) is 2. The van der Waals surface area contributed by atoms with E-state index < -0.39 is 11.6 Å². The van der Waals surface area contributed by atoms with E-state index in [9.17, 15) is 4.79 Å². The lowest BCUT2D eigenvalue weighted by molar-refractivity contribution is -0.138. The summed E-state index contributed by atoms with van der Waals surface area (Å²) in [6.07, 6.45) is -0.363. The maximum absolute atomic E-state index is 10.4. The summed E-state index contributed by atoms with van der Waals surface area (Å²) in [6.45, 7) is 0. The second kappa shape index (κ2) is 3.65. The third-order valence-electron chi connectivity index (χ3n) is 1.85. The van der Waals surface area contributed by atoms with E-state index in [4.69, 9.17) is 21.7 Å². The van der Waals surface area contributed by atoms with Crippen molar-refractivity contribution in [3.8, 4) is 5.75 Å². The summed E-state index contributed by atoms with van der Waals surface area (Å²) >= 11 is 0. The van der Waals surface area contributed by atoms with Gasteiger partial charge in [0.2, 0.25) is 0 Å². The highest BCUT2D eigenvalue weighted by Gasteiger charge is 2.25. The summed E-state index contributed by atoms with van der Waals surface area (Å²) in [5.41, 5.74) is 10.3. The van der Waals surface area contributed by atoms with Gasteiger partial charge >= 0.3 is 5.97 Å². The Kier molecular flexibility index (Phi) is 2.73. The van der Waals surface area contributed by atoms with Crippen LogP contribution in [-0.2, 0) is 10.5 Å². The Bertz CT molecular complexity index is 332. The van der Waals surface area contributed by atoms with Crippen LogP contribution in [0.4, 0.5) is 0 Å². The van der Waals surface area contributed by atoms with Gasteiger partial charge in [0.25, 0.3) is 0 Å². The number of benzene rings is 1. The molecule has 0 amide bonds. The standard InChI is InChI=1S/C9H12N2O3/c10-9(11,5-8(13)14)6-1-3-7(12)4-2-6/h1-4,12H,5,10-11H2,(H,13,14). The monoisotopic (exact) mass is 196 g/mol. The second-order valence-electron chi connectivity index (χ2n) is 3.16. The highest BCUT2D eigenvalue weighted by atomic mass is 16.4. The molecule has 0 spiro atoms. The molecular weight excluding hydrogens is 184 g/mol. The molecule has 0 fully saturated rings. The summed E-state index contributed by atoms with van der Waals surface area (Å²) in [6, 6.07) is 5.81. The summed E-state index contributed by atoms with van der Waals surface area (Å²) in [5, 5.41) is 17.6. The van der Waals surface area contributed by atoms with Gasteiger partial charge in [-0.25, -0.2) is 0 Å². The van der Waals surface area contributed by atoms with Gasteiger partial charge in [-0.05, 0) is 17.7 Å². The molecule has 1 rings (SSSR count). The molecular formula is C9H12N2O3. The number of hydrogen-bond acceptors (Lipinski definition) is 4. The van der Waals surface area contributed by atoms with Crippen LogP contribution in [0.25, 0.3) is 0 Å². The molecule has 6 N–H and O–H groups in total. The first kappa shape index (κ1) is 10.5. The maximum atomic E-state index is 10.4. The maximum Gasteiger partial charge on any atom is 0.306 e. The molecule has 0 aromatic heterocycles. The molecule has 76 valence electrons. The third-order valence-corrected chi connectivity index (χ3v) is 1.85. The minimum absolute atomic E-state index is 0.0832. The van der Waals surface area contributed by atoms with Gasteiger partial charge in [-0.1, -0.05) is 12.1 Å². The smallest absolute Gasteiger partial charge is 0.306 e. The molecule has 5 nitrogen and oxygen atoms in total. The minimum Gasteiger partial charge on any atom is -0.508 e. The fourth-order valence-corrected chi connectivity index (χ4v) is 1.12. The predicted molar refractivity (Wildman–Crippen MR) is 50.4 cm³/mol. The van der Waals surface area contributed by atoms with Crippen LogP contribution in [0.3, 0.4) is 0 Å². The third kappa shape index (κ3) is 2.45. The van der Waals surface area contributed by atoms with Gasteiger partial charge in [0.15, 0.2) is 0 Å². The number of rotatable bonds is 3. The number of carboxylic acid groups (broad SMARTS) is 1. The van der Waals surface area contributed by atoms with Crippen LogP contribution in [0.5, 0.6) is 5.75 Å². The number of carboxylic acids is 1. The van der Waals surface area contributed by atoms with Gasteiger partial charge in [-0.3, -0.25) is 4.79 Å². The number of hydrogen-bond donors (Lipinski definition) is 4. The van der Waals surface area contributed by atoms with Gasteiger partial charge in [0.05, 0.1) is 6.42 Å². The van der Waals surface area contributed by atoms with Crippen molar-refractivity contribution in [2.45, 2.75) is 12.1 Å². The fraction of sp³-hybridized carbons (Fsp3) is 0.222. The van der Waals surface area contributed by atoms with E-state index in [-0.39, 0.29) is 12.2 Å². The Morgan fingerprint density at radius 2 is 1.79 bits per heavy atom. The molecule has 0 unspecified atom stereocenters. The summed E-state index contributed by atoms with van der Waals surface area (Å²) in [4.78, 5) is 10.4. The zero-order valence-corrected chi connectivity index (χ0v) is 7.47. The van der Waals surface area contributed by atoms with Crippen LogP contribution in [0.15, 0.2) is 24.3 Å². The van der Waals surface area contributed by atoms with Crippen LogP contribution in [0.1, 0.15) is 12.0 Å². The van der Waals surface area contributed by atoms with Crippen LogP contribution < -0.4 is 11.5 Å². The number of aromatic hydroxyl groups is 1. The highest BCUT2D eigenvalue weighted by Crippen LogP contribution is 2.19. The molecule has 0 heterocycles. The lowest BCUT2D eigenvalue weighted by atomic mass is 9.98. The molecule has 1 aromatic carbocycles. The zero-order valence-electron chi connectivity index (χ0n) is 7.47. The van der Waals surface area contributed by atoms with Gasteiger partial charge in [0.1, 0.15) is 11.4 Å². The predicted octanol–water partition coefficient (Wildman–Crippen LogP) is -0.0629. The summed E-state index contributed by atoms with van der Waals surface area (Å²) in [5.74, 6) is -0.983. The first-order chi connectivity index (χ1) is 6.42. The topological polar surface area (TPSA) is 110 Å². The fourth-order valence-electron chi connectivity index (χ4n) is 1.12. The molecule has 0 saturated heterocycles. The van der Waals surface area contributed by atoms with Crippen molar-refractivity contribution in [1.29, 1.82) is 0 Å². The Hall–Kier alpha value is -1.59. The lowest BCUT2D eigenvalue weighted by Crippen LogP contribution is -2.47. The van der Waals surface area contributed by atoms with Crippen molar-refractivity contribution in [2.75, 3.05) is 0 Å². The average molecular weight is 196 g/mol. The van der Waals surface area contributed by atoms with Crippen molar-refractivity contribution >= 4 is 5.97 Å². The van der Waals surface area contributed by atoms with Crippen LogP contribution in [0.2, 0.25) is 0 Å². The van der Waals surface area contributed by atoms with Gasteiger partial charge in [-0.15, -0.1) is 0 Å². The Balaban J connectivity index is 2.91. The highest BCUT2D eigenvalue weighted by molar-refractivity contribution is 5.68. The number of aliphatic carboxylic acids is 1. The number of phenols is 1. The van der Waals surface area contributed by atoms with E-state index in [1.807, 2.05) is 0 Å². The van der Waals surface area contributed by atoms with Crippen molar-refractivity contribution in [2.24, 2.45) is 11.5 Å². The van der Waals surface area contributed by atoms with Gasteiger partial charge in [0, 0.05) is 0 Å². The van der Waals surface area contributed by atoms with Crippen molar-refractivity contribution in [3.05, 3.63) is 29.8 Å². The normalized spacial score (nSPS) is 11.3. The summed E-state index contributed by atoms with van der Waals surface area (Å²) < 4.78 is 0. The quantitative estimate of drug-likeness (QED) is 0.506. The minimum atomic E-state index is -1.40. The molecule has 0 radical (unpaired) electrons. The number of phenolic OH excluding ortho intramolecular Hbond substituents is 1. The molecule has 5 heteroatoms. The Labute approximate surface area is 81.0 Å². The van der Waals surface area contributed by atoms with E-state index in [0.717, 1.165) is 0 Å². The molecule has 0 bridgehead atoms. The van der Waals surface area contributed by atoms with Crippen LogP contribution >= 0.6 is 0 Å². The van der Waals surface area contributed by atoms with Crippen molar-refractivity contribution in [1.82, 2.24) is 0 Å². The van der Waals surface area contributed by atoms with E-state index in [2.05, 4.69) is 0 Å². The molecule has 14 heavy (non-hydrogen) atoms. The molecule has 0 aliphatic rings. The molecule has 0 aliphatic carbocycles. The largest absolute Gasteiger partial charge is 0.508 e. The number of carbonyl (C=O) groups is 1. The van der Waals surface area contributed by atoms with E-state index >= 15 is 0 Å². The molecule has 0 saturated carbocycles. The van der Waals surface area contributed by atoms with Crippen LogP contribution in [0, 0.1) is 0 Å². The summed E-state index contributed by atoms with van der Waals surface area (Å²) in [7, 11) is 0. The average Bonchev–Trinajstić information content (AvgIpc) is 2.02. The Morgan fingerprint density at radius 3 is 2.21 bits per heavy atom. The SMILES string of the molecule is NC(N)(CC(=O)O)c1ccc(O)cc1. The van der Waals surface area contributed by atoms with E-state index in [1.54, 1.807) is 0 Å². The van der Waals surface area contributed by atoms with Gasteiger partial charge < -0.3 is 21.7 Å². The molecule has 0 atom stereocenters. The molecule has 1 aromatic rings. The van der Waals surface area contributed by atoms with Gasteiger partial charge in [-0.2, -0.15) is 0 Å². The first-order valence-corrected chi connectivity index (χ1v) is 4.01. The van der Waals surface area contributed by atoms with E-state index in [1.165, 1.54) is 24.3 Å². The lowest BCUT2D eigenvalue weighted by Gasteiger charge is -2.22. The second-order valence-corrected chi connectivity index (χ2v) is 3.16. The first-order valence-electron chi connectivity index (χ1n) is 4.01. The Morgan fingerprint density at radius 1 is 1.29 bits per heavy atom. The molecule has 0 aliphatic heterocycles. The van der Waals surface area contributed by atoms with Crippen molar-refractivity contribution < 1.29 is 15.0 Å². The van der Waals surface area contributed by atoms with E-state index in [0.29, 0.717) is 5.56 Å². The zero-order chi connectivity index (χ0) is 10.8.